The molecule has 210 valence electrons. The highest BCUT2D eigenvalue weighted by Crippen LogP contribution is 2.49. The largest absolute Gasteiger partial charge is 0.490 e. The van der Waals surface area contributed by atoms with E-state index < -0.39 is 20.1 Å². The van der Waals surface area contributed by atoms with Crippen molar-refractivity contribution in [2.75, 3.05) is 25.2 Å². The Morgan fingerprint density at radius 2 is 2.00 bits per heavy atom. The lowest BCUT2D eigenvalue weighted by molar-refractivity contribution is -0.133. The van der Waals surface area contributed by atoms with Gasteiger partial charge < -0.3 is 23.6 Å². The Balaban J connectivity index is 1.46. The molecule has 2 aromatic carbocycles. The number of carbonyl (C=O) groups is 2. The summed E-state index contributed by atoms with van der Waals surface area (Å²) in [7, 11) is -1.72. The number of carbonyl (C=O) groups excluding carboxylic acids is 2. The predicted octanol–water partition coefficient (Wildman–Crippen LogP) is 5.30. The monoisotopic (exact) mass is 554 g/mol. The summed E-state index contributed by atoms with van der Waals surface area (Å²) in [6, 6.07) is 13.4. The van der Waals surface area contributed by atoms with Gasteiger partial charge in [-0.25, -0.2) is 0 Å². The third kappa shape index (κ3) is 5.24. The molecular formula is C30H39FN2O5Si. The van der Waals surface area contributed by atoms with Gasteiger partial charge in [0.15, 0.2) is 0 Å². The molecule has 3 aliphatic heterocycles. The number of aliphatic hydroxyl groups is 1. The maximum absolute atomic E-state index is 15.9. The number of halogens is 1. The van der Waals surface area contributed by atoms with Crippen LogP contribution in [0.5, 0.6) is 5.75 Å². The minimum Gasteiger partial charge on any atom is -0.490 e. The van der Waals surface area contributed by atoms with E-state index in [1.807, 2.05) is 43.3 Å². The van der Waals surface area contributed by atoms with Crippen molar-refractivity contribution in [1.29, 1.82) is 0 Å². The first-order valence-corrected chi connectivity index (χ1v) is 16.9. The average molecular weight is 555 g/mol. The van der Waals surface area contributed by atoms with Crippen molar-refractivity contribution in [3.05, 3.63) is 53.6 Å². The Labute approximate surface area is 231 Å². The highest BCUT2D eigenvalue weighted by molar-refractivity contribution is 6.72. The van der Waals surface area contributed by atoms with Crippen molar-refractivity contribution in [2.24, 2.45) is 5.92 Å². The maximum atomic E-state index is 15.9. The molecule has 0 spiro atoms. The average Bonchev–Trinajstić information content (AvgIpc) is 3.40. The summed E-state index contributed by atoms with van der Waals surface area (Å²) < 4.78 is 28.4. The fourth-order valence-electron chi connectivity index (χ4n) is 6.62. The number of aryl methyl sites for hydroxylation is 1. The van der Waals surface area contributed by atoms with Crippen LogP contribution in [0.1, 0.15) is 49.8 Å². The highest BCUT2D eigenvalue weighted by Gasteiger charge is 2.49. The lowest BCUT2D eigenvalue weighted by Crippen LogP contribution is -2.48. The molecule has 3 aliphatic rings. The smallest absolute Gasteiger partial charge is 0.248 e. The number of ether oxygens (including phenoxy) is 2. The van der Waals surface area contributed by atoms with E-state index in [-0.39, 0.29) is 42.9 Å². The fraction of sp³-hybridized carbons (Fsp3) is 0.533. The number of fused-ring (bicyclic) bond motifs is 2. The molecule has 1 N–H and O–H groups in total. The van der Waals surface area contributed by atoms with E-state index >= 15 is 4.11 Å². The summed E-state index contributed by atoms with van der Waals surface area (Å²) in [6.07, 6.45) is 1.89. The molecule has 3 heterocycles. The number of methoxy groups -OCH3 is 1. The predicted molar refractivity (Wildman–Crippen MR) is 150 cm³/mol. The fourth-order valence-corrected chi connectivity index (χ4v) is 8.44. The van der Waals surface area contributed by atoms with Gasteiger partial charge in [0, 0.05) is 49.2 Å². The Hall–Kier alpha value is -2.75. The van der Waals surface area contributed by atoms with Gasteiger partial charge in [0.2, 0.25) is 20.2 Å². The minimum atomic E-state index is -3.36. The van der Waals surface area contributed by atoms with Crippen LogP contribution in [0.2, 0.25) is 18.6 Å². The van der Waals surface area contributed by atoms with Crippen molar-refractivity contribution in [1.82, 2.24) is 4.90 Å². The molecule has 1 fully saturated rings. The van der Waals surface area contributed by atoms with Gasteiger partial charge in [-0.2, -0.15) is 0 Å². The standard InChI is InChI=1S/C30H39FN2O5Si/c1-19-29(37-2)23-16-21(33-24-10-6-5-8-20(24)11-14-27(33)35)12-13-25(23)38-30(19)26(39(3,4)31)17-28(36)32-15-7-9-22(32)18-34/h5-6,8,10,12-13,16,19,22,26,29-30,34H,7,9,11,14-15,17-18H2,1-4H3/t19-,22-,26?,29-,30-/m0/s1. The first-order chi connectivity index (χ1) is 18.6. The van der Waals surface area contributed by atoms with E-state index in [0.717, 1.165) is 41.8 Å². The van der Waals surface area contributed by atoms with Crippen LogP contribution >= 0.6 is 0 Å². The number of aliphatic hydroxyl groups excluding tert-OH is 1. The number of para-hydroxylation sites is 1. The van der Waals surface area contributed by atoms with Gasteiger partial charge in [0.25, 0.3) is 0 Å². The molecule has 1 saturated heterocycles. The molecule has 2 aromatic rings. The van der Waals surface area contributed by atoms with Crippen molar-refractivity contribution in [2.45, 2.75) is 75.9 Å². The third-order valence-electron chi connectivity index (χ3n) is 8.74. The first kappa shape index (κ1) is 27.8. The van der Waals surface area contributed by atoms with E-state index in [1.54, 1.807) is 30.0 Å². The van der Waals surface area contributed by atoms with Gasteiger partial charge in [0.05, 0.1) is 24.4 Å². The number of hydrogen-bond donors (Lipinski definition) is 1. The highest BCUT2D eigenvalue weighted by atomic mass is 28.4. The van der Waals surface area contributed by atoms with Crippen LogP contribution in [0.4, 0.5) is 15.5 Å². The van der Waals surface area contributed by atoms with E-state index in [9.17, 15) is 14.7 Å². The summed E-state index contributed by atoms with van der Waals surface area (Å²) in [5, 5.41) is 9.71. The second kappa shape index (κ2) is 11.0. The molecule has 39 heavy (non-hydrogen) atoms. The Morgan fingerprint density at radius 1 is 1.23 bits per heavy atom. The number of likely N-dealkylation sites (tertiary alicyclic amines) is 1. The Bertz CT molecular complexity index is 1230. The van der Waals surface area contributed by atoms with Crippen LogP contribution in [0, 0.1) is 5.92 Å². The second-order valence-electron chi connectivity index (χ2n) is 11.6. The number of hydrogen-bond acceptors (Lipinski definition) is 5. The van der Waals surface area contributed by atoms with Gasteiger partial charge in [-0.1, -0.05) is 25.1 Å². The number of anilines is 2. The summed E-state index contributed by atoms with van der Waals surface area (Å²) >= 11 is 0. The lowest BCUT2D eigenvalue weighted by Gasteiger charge is -2.43. The molecule has 9 heteroatoms. The van der Waals surface area contributed by atoms with E-state index in [1.165, 1.54) is 0 Å². The zero-order valence-corrected chi connectivity index (χ0v) is 24.2. The molecule has 1 unspecified atom stereocenters. The molecule has 0 saturated carbocycles. The zero-order valence-electron chi connectivity index (χ0n) is 23.2. The summed E-state index contributed by atoms with van der Waals surface area (Å²) in [4.78, 5) is 29.8. The van der Waals surface area contributed by atoms with Crippen molar-refractivity contribution in [3.63, 3.8) is 0 Å². The Kier molecular flexibility index (Phi) is 7.86. The van der Waals surface area contributed by atoms with Crippen LogP contribution in [0.3, 0.4) is 0 Å². The summed E-state index contributed by atoms with van der Waals surface area (Å²) in [5.74, 6) is 0.284. The van der Waals surface area contributed by atoms with Crippen molar-refractivity contribution >= 4 is 31.6 Å². The molecule has 0 bridgehead atoms. The minimum absolute atomic E-state index is 0.0390. The molecule has 5 atom stereocenters. The van der Waals surface area contributed by atoms with Gasteiger partial charge in [-0.05, 0) is 62.2 Å². The molecular weight excluding hydrogens is 515 g/mol. The number of nitrogens with zero attached hydrogens (tertiary/aromatic N) is 2. The quantitative estimate of drug-likeness (QED) is 0.371. The van der Waals surface area contributed by atoms with Crippen LogP contribution in [-0.4, -0.2) is 62.6 Å². The molecule has 0 aliphatic carbocycles. The van der Waals surface area contributed by atoms with Crippen LogP contribution in [0.25, 0.3) is 0 Å². The zero-order chi connectivity index (χ0) is 27.9. The van der Waals surface area contributed by atoms with Crippen LogP contribution in [0.15, 0.2) is 42.5 Å². The Morgan fingerprint density at radius 3 is 2.72 bits per heavy atom. The molecule has 0 aromatic heterocycles. The normalized spacial score (nSPS) is 25.6. The molecule has 2 amide bonds. The topological polar surface area (TPSA) is 79.3 Å². The van der Waals surface area contributed by atoms with Gasteiger partial charge >= 0.3 is 0 Å². The molecule has 0 radical (unpaired) electrons. The van der Waals surface area contributed by atoms with Crippen molar-refractivity contribution in [3.8, 4) is 5.75 Å². The third-order valence-corrected chi connectivity index (χ3v) is 11.0. The summed E-state index contributed by atoms with van der Waals surface area (Å²) in [6.45, 7) is 5.77. The van der Waals surface area contributed by atoms with E-state index in [4.69, 9.17) is 9.47 Å². The van der Waals surface area contributed by atoms with Gasteiger partial charge in [-0.3, -0.25) is 14.5 Å². The lowest BCUT2D eigenvalue weighted by atomic mass is 9.86. The van der Waals surface area contributed by atoms with E-state index in [0.29, 0.717) is 18.7 Å². The number of amides is 2. The van der Waals surface area contributed by atoms with Crippen molar-refractivity contribution < 1.29 is 28.3 Å². The number of rotatable bonds is 7. The maximum Gasteiger partial charge on any atom is 0.248 e. The van der Waals surface area contributed by atoms with Crippen LogP contribution in [-0.2, 0) is 20.7 Å². The molecule has 5 rings (SSSR count). The first-order valence-electron chi connectivity index (χ1n) is 14.0. The second-order valence-corrected chi connectivity index (χ2v) is 15.5. The molecule has 7 nitrogen and oxygen atoms in total. The van der Waals surface area contributed by atoms with E-state index in [2.05, 4.69) is 6.07 Å². The SMILES string of the molecule is CO[C@@H]1c2cc(N3C(=O)CCc4ccccc43)ccc2O[C@H](C(CC(=O)N2CCC[C@H]2CO)[Si](C)(C)F)[C@H]1C. The van der Waals surface area contributed by atoms with Crippen LogP contribution < -0.4 is 9.64 Å². The number of benzene rings is 2. The summed E-state index contributed by atoms with van der Waals surface area (Å²) in [5.41, 5.74) is 3.00. The van der Waals surface area contributed by atoms with Gasteiger partial charge in [-0.15, -0.1) is 0 Å². The van der Waals surface area contributed by atoms with Gasteiger partial charge in [0.1, 0.15) is 11.9 Å².